The molecule has 1 fully saturated rings. The van der Waals surface area contributed by atoms with Gasteiger partial charge in [-0.2, -0.15) is 0 Å². The molecular weight excluding hydrogens is 231 g/mol. The third kappa shape index (κ3) is 4.46. The molecule has 0 aliphatic carbocycles. The molecule has 2 nitrogen and oxygen atoms in total. The summed E-state index contributed by atoms with van der Waals surface area (Å²) in [5.41, 5.74) is 0. The van der Waals surface area contributed by atoms with Crippen LogP contribution < -0.4 is 0 Å². The molecule has 1 saturated heterocycles. The summed E-state index contributed by atoms with van der Waals surface area (Å²) in [4.78, 5) is 0. The van der Waals surface area contributed by atoms with Crippen LogP contribution in [0.1, 0.15) is 33.6 Å². The molecule has 1 heterocycles. The van der Waals surface area contributed by atoms with Crippen molar-refractivity contribution in [1.29, 1.82) is 0 Å². The van der Waals surface area contributed by atoms with E-state index >= 15 is 0 Å². The number of unbranched alkanes of at least 4 members (excludes halogenated alkanes) is 1. The van der Waals surface area contributed by atoms with E-state index in [4.69, 9.17) is 9.47 Å². The maximum atomic E-state index is 5.72. The zero-order valence-corrected chi connectivity index (χ0v) is 10.6. The Morgan fingerprint density at radius 1 is 1.46 bits per heavy atom. The first-order chi connectivity index (χ1) is 6.14. The van der Waals surface area contributed by atoms with Gasteiger partial charge in [-0.15, -0.1) is 0 Å². The van der Waals surface area contributed by atoms with Gasteiger partial charge in [0.2, 0.25) is 0 Å². The molecule has 0 N–H and O–H groups in total. The molecule has 1 rings (SSSR count). The van der Waals surface area contributed by atoms with Crippen LogP contribution >= 0.6 is 0 Å². The average molecular weight is 251 g/mol. The fourth-order valence-corrected chi connectivity index (χ4v) is 3.59. The van der Waals surface area contributed by atoms with Crippen LogP contribution in [0.2, 0.25) is 10.6 Å². The summed E-state index contributed by atoms with van der Waals surface area (Å²) < 4.78 is 11.2. The van der Waals surface area contributed by atoms with E-state index in [0.29, 0.717) is 6.10 Å². The van der Waals surface area contributed by atoms with E-state index < -0.39 is 0 Å². The van der Waals surface area contributed by atoms with E-state index in [-0.39, 0.29) is 5.79 Å². The minimum atomic E-state index is -0.328. The Balaban J connectivity index is 2.04. The van der Waals surface area contributed by atoms with Crippen molar-refractivity contribution >= 4 is 15.0 Å². The number of hydrogen-bond donors (Lipinski definition) is 0. The zero-order chi connectivity index (χ0) is 9.73. The third-order valence-electron chi connectivity index (χ3n) is 2.01. The summed E-state index contributed by atoms with van der Waals surface area (Å²) in [5.74, 6) is -0.328. The fraction of sp³-hybridized carbons (Fsp3) is 1.00. The Bertz CT molecular complexity index is 148. The molecule has 0 amide bonds. The van der Waals surface area contributed by atoms with Crippen molar-refractivity contribution in [2.45, 2.75) is 56.1 Å². The zero-order valence-electron chi connectivity index (χ0n) is 8.84. The second-order valence-electron chi connectivity index (χ2n) is 3.88. The molecule has 0 radical (unpaired) electrons. The van der Waals surface area contributed by atoms with Crippen LogP contribution in [-0.4, -0.2) is 33.5 Å². The predicted molar refractivity (Wildman–Crippen MR) is 55.2 cm³/mol. The van der Waals surface area contributed by atoms with Gasteiger partial charge < -0.3 is 0 Å². The van der Waals surface area contributed by atoms with Crippen LogP contribution in [0.4, 0.5) is 0 Å². The third-order valence-corrected chi connectivity index (χ3v) is 4.50. The molecule has 1 atom stereocenters. The van der Waals surface area contributed by atoms with Crippen molar-refractivity contribution in [3.63, 3.8) is 0 Å². The Morgan fingerprint density at radius 3 is 2.77 bits per heavy atom. The molecule has 0 aromatic heterocycles. The molecule has 1 unspecified atom stereocenters. The van der Waals surface area contributed by atoms with Crippen molar-refractivity contribution in [2.24, 2.45) is 0 Å². The van der Waals surface area contributed by atoms with Gasteiger partial charge in [0, 0.05) is 0 Å². The van der Waals surface area contributed by atoms with E-state index in [9.17, 15) is 0 Å². The van der Waals surface area contributed by atoms with E-state index in [2.05, 4.69) is 6.92 Å². The molecule has 1 aliphatic heterocycles. The summed E-state index contributed by atoms with van der Waals surface area (Å²) in [7, 11) is 0. The topological polar surface area (TPSA) is 18.5 Å². The molecular formula is C10H20O2Se. The Kier molecular flexibility index (Phi) is 4.74. The summed E-state index contributed by atoms with van der Waals surface area (Å²) in [6.07, 6.45) is 3.05. The fourth-order valence-electron chi connectivity index (χ4n) is 1.31. The molecule has 3 heteroatoms. The summed E-state index contributed by atoms with van der Waals surface area (Å²) >= 11 is 0.754. The van der Waals surface area contributed by atoms with Gasteiger partial charge in [-0.3, -0.25) is 0 Å². The first-order valence-electron chi connectivity index (χ1n) is 5.03. The van der Waals surface area contributed by atoms with E-state index in [1.807, 2.05) is 13.8 Å². The van der Waals surface area contributed by atoms with Gasteiger partial charge in [0.1, 0.15) is 0 Å². The van der Waals surface area contributed by atoms with Crippen molar-refractivity contribution in [3.05, 3.63) is 0 Å². The summed E-state index contributed by atoms with van der Waals surface area (Å²) in [6.45, 7) is 7.02. The molecule has 0 bridgehead atoms. The predicted octanol–water partition coefficient (Wildman–Crippen LogP) is 2.48. The van der Waals surface area contributed by atoms with Crippen molar-refractivity contribution < 1.29 is 9.47 Å². The van der Waals surface area contributed by atoms with Crippen LogP contribution in [0.15, 0.2) is 0 Å². The van der Waals surface area contributed by atoms with Crippen molar-refractivity contribution in [2.75, 3.05) is 6.61 Å². The first kappa shape index (κ1) is 11.5. The van der Waals surface area contributed by atoms with Crippen LogP contribution in [-0.2, 0) is 9.47 Å². The molecule has 0 aromatic rings. The molecule has 13 heavy (non-hydrogen) atoms. The van der Waals surface area contributed by atoms with Gasteiger partial charge in [-0.25, -0.2) is 0 Å². The van der Waals surface area contributed by atoms with Gasteiger partial charge in [0.25, 0.3) is 0 Å². The maximum absolute atomic E-state index is 5.72. The van der Waals surface area contributed by atoms with E-state index in [1.54, 1.807) is 0 Å². The molecule has 0 spiro atoms. The molecule has 0 aromatic carbocycles. The normalized spacial score (nSPS) is 26.5. The summed E-state index contributed by atoms with van der Waals surface area (Å²) in [6, 6.07) is 0. The number of hydrogen-bond acceptors (Lipinski definition) is 2. The van der Waals surface area contributed by atoms with Crippen molar-refractivity contribution in [1.82, 2.24) is 0 Å². The summed E-state index contributed by atoms with van der Waals surface area (Å²) in [5, 5.41) is 2.61. The molecule has 0 saturated carbocycles. The van der Waals surface area contributed by atoms with Gasteiger partial charge in [-0.05, 0) is 0 Å². The Morgan fingerprint density at radius 2 is 2.23 bits per heavy atom. The van der Waals surface area contributed by atoms with Gasteiger partial charge in [0.15, 0.2) is 0 Å². The Hall–Kier alpha value is 0.439. The number of rotatable bonds is 5. The SMILES string of the molecule is CCCC[Se]CC1COC(C)(C)O1. The second kappa shape index (κ2) is 5.35. The second-order valence-corrected chi connectivity index (χ2v) is 6.29. The number of ether oxygens (including phenoxy) is 2. The van der Waals surface area contributed by atoms with Crippen LogP contribution in [0.25, 0.3) is 0 Å². The van der Waals surface area contributed by atoms with Gasteiger partial charge in [0.05, 0.1) is 0 Å². The van der Waals surface area contributed by atoms with Crippen LogP contribution in [0.5, 0.6) is 0 Å². The standard InChI is InChI=1S/C10H20O2Se/c1-4-5-6-13-8-9-7-11-10(2,3)12-9/h9H,4-8H2,1-3H3. The van der Waals surface area contributed by atoms with E-state index in [1.165, 1.54) is 23.5 Å². The minimum absolute atomic E-state index is 0.328. The Labute approximate surface area is 87.5 Å². The quantitative estimate of drug-likeness (QED) is 0.552. The van der Waals surface area contributed by atoms with Crippen molar-refractivity contribution in [3.8, 4) is 0 Å². The first-order valence-corrected chi connectivity index (χ1v) is 7.46. The van der Waals surface area contributed by atoms with Gasteiger partial charge >= 0.3 is 87.2 Å². The van der Waals surface area contributed by atoms with Crippen LogP contribution in [0.3, 0.4) is 0 Å². The molecule has 1 aliphatic rings. The molecule has 78 valence electrons. The average Bonchev–Trinajstić information content (AvgIpc) is 2.40. The van der Waals surface area contributed by atoms with E-state index in [0.717, 1.165) is 21.6 Å². The van der Waals surface area contributed by atoms with Gasteiger partial charge in [-0.1, -0.05) is 0 Å². The van der Waals surface area contributed by atoms with Crippen LogP contribution in [0, 0.1) is 0 Å². The monoisotopic (exact) mass is 252 g/mol.